The van der Waals surface area contributed by atoms with Crippen molar-refractivity contribution in [2.75, 3.05) is 7.11 Å². The van der Waals surface area contributed by atoms with Crippen molar-refractivity contribution < 1.29 is 22.3 Å². The summed E-state index contributed by atoms with van der Waals surface area (Å²) >= 11 is 6.19. The number of hydrogen-bond donors (Lipinski definition) is 1. The van der Waals surface area contributed by atoms with Gasteiger partial charge in [0.05, 0.1) is 17.7 Å². The minimum absolute atomic E-state index is 0.0762. The van der Waals surface area contributed by atoms with E-state index in [0.29, 0.717) is 10.3 Å². The van der Waals surface area contributed by atoms with Gasteiger partial charge in [-0.05, 0) is 24.6 Å². The van der Waals surface area contributed by atoms with Gasteiger partial charge in [-0.2, -0.15) is 22.8 Å². The molecule has 33 heavy (non-hydrogen) atoms. The lowest BCUT2D eigenvalue weighted by Crippen LogP contribution is -2.20. The average molecular weight is 475 g/mol. The van der Waals surface area contributed by atoms with Crippen molar-refractivity contribution in [1.82, 2.24) is 19.6 Å². The number of halogens is 4. The van der Waals surface area contributed by atoms with Crippen molar-refractivity contribution in [1.29, 1.82) is 0 Å². The molecule has 0 unspecified atom stereocenters. The summed E-state index contributed by atoms with van der Waals surface area (Å²) in [6.07, 6.45) is -4.79. The molecule has 0 aliphatic rings. The molecule has 3 heterocycles. The molecule has 0 amide bonds. The van der Waals surface area contributed by atoms with Crippen LogP contribution >= 0.6 is 11.6 Å². The molecule has 0 aliphatic carbocycles. The van der Waals surface area contributed by atoms with E-state index in [1.807, 2.05) is 0 Å². The zero-order valence-corrected chi connectivity index (χ0v) is 17.9. The summed E-state index contributed by atoms with van der Waals surface area (Å²) in [5.41, 5.74) is -1.42. The molecule has 0 saturated heterocycles. The smallest absolute Gasteiger partial charge is 0.435 e. The predicted octanol–water partition coefficient (Wildman–Crippen LogP) is 5.49. The van der Waals surface area contributed by atoms with Crippen molar-refractivity contribution in [3.63, 3.8) is 0 Å². The molecule has 1 N–H and O–H groups in total. The molecule has 2 aromatic carbocycles. The number of aromatic amines is 1. The number of ether oxygens (including phenoxy) is 1. The largest absolute Gasteiger partial charge is 0.494 e. The second-order valence-corrected chi connectivity index (χ2v) is 7.63. The third kappa shape index (κ3) is 3.25. The number of fused-ring (bicyclic) bond motifs is 2. The van der Waals surface area contributed by atoms with E-state index in [1.54, 1.807) is 37.3 Å². The highest BCUT2D eigenvalue weighted by molar-refractivity contribution is 6.34. The van der Waals surface area contributed by atoms with Crippen LogP contribution in [0.25, 0.3) is 39.3 Å². The Balaban J connectivity index is 1.83. The second-order valence-electron chi connectivity index (χ2n) is 7.22. The molecule has 7 nitrogen and oxygen atoms in total. The summed E-state index contributed by atoms with van der Waals surface area (Å²) in [5.74, 6) is 0.242. The van der Waals surface area contributed by atoms with Gasteiger partial charge in [0.15, 0.2) is 16.8 Å². The highest BCUT2D eigenvalue weighted by Gasteiger charge is 2.39. The molecule has 5 rings (SSSR count). The molecule has 0 radical (unpaired) electrons. The van der Waals surface area contributed by atoms with Crippen molar-refractivity contribution >= 4 is 28.3 Å². The Hall–Kier alpha value is -3.79. The van der Waals surface area contributed by atoms with Crippen LogP contribution in [0.15, 0.2) is 51.7 Å². The number of alkyl halides is 3. The summed E-state index contributed by atoms with van der Waals surface area (Å²) < 4.78 is 53.2. The maximum atomic E-state index is 13.8. The maximum absolute atomic E-state index is 13.8. The van der Waals surface area contributed by atoms with E-state index in [1.165, 1.54) is 19.2 Å². The lowest BCUT2D eigenvalue weighted by molar-refractivity contribution is -0.140. The Labute approximate surface area is 188 Å². The van der Waals surface area contributed by atoms with Crippen LogP contribution in [0.1, 0.15) is 11.4 Å². The first-order valence-electron chi connectivity index (χ1n) is 9.62. The molecule has 0 spiro atoms. The standard InChI is InChI=1S/C22H14ClF3N4O3/c1-10-14(20-28-16-13(32-2)9-8-12(23)17(16)33-20)21(31)30-19(27-10)15(11-6-4-3-5-7-11)18(29-30)22(24,25)26/h3-9,27H,1-2H3. The molecule has 0 atom stereocenters. The summed E-state index contributed by atoms with van der Waals surface area (Å²) in [6.45, 7) is 1.54. The first-order valence-corrected chi connectivity index (χ1v) is 10.00. The van der Waals surface area contributed by atoms with E-state index in [-0.39, 0.29) is 50.0 Å². The van der Waals surface area contributed by atoms with Crippen LogP contribution in [-0.4, -0.2) is 26.7 Å². The van der Waals surface area contributed by atoms with E-state index >= 15 is 0 Å². The third-order valence-corrected chi connectivity index (χ3v) is 5.49. The van der Waals surface area contributed by atoms with Crippen LogP contribution in [0.5, 0.6) is 5.75 Å². The molecule has 0 bridgehead atoms. The van der Waals surface area contributed by atoms with Gasteiger partial charge < -0.3 is 14.1 Å². The summed E-state index contributed by atoms with van der Waals surface area (Å²) in [5, 5.41) is 3.86. The van der Waals surface area contributed by atoms with Crippen molar-refractivity contribution in [2.24, 2.45) is 0 Å². The average Bonchev–Trinajstić information content (AvgIpc) is 3.38. The Bertz CT molecular complexity index is 1590. The number of nitrogens with zero attached hydrogens (tertiary/aromatic N) is 3. The summed E-state index contributed by atoms with van der Waals surface area (Å²) in [7, 11) is 1.44. The van der Waals surface area contributed by atoms with Gasteiger partial charge in [-0.1, -0.05) is 41.9 Å². The predicted molar refractivity (Wildman–Crippen MR) is 116 cm³/mol. The van der Waals surface area contributed by atoms with Crippen LogP contribution in [0, 0.1) is 6.92 Å². The zero-order valence-electron chi connectivity index (χ0n) is 17.1. The number of methoxy groups -OCH3 is 1. The van der Waals surface area contributed by atoms with Gasteiger partial charge in [0.2, 0.25) is 5.89 Å². The van der Waals surface area contributed by atoms with Gasteiger partial charge in [-0.25, -0.2) is 4.98 Å². The number of aromatic nitrogens is 4. The van der Waals surface area contributed by atoms with Crippen LogP contribution in [0.3, 0.4) is 0 Å². The Morgan fingerprint density at radius 3 is 2.52 bits per heavy atom. The van der Waals surface area contributed by atoms with E-state index in [0.717, 1.165) is 0 Å². The number of benzene rings is 2. The number of oxazole rings is 1. The van der Waals surface area contributed by atoms with Crippen LogP contribution < -0.4 is 10.3 Å². The van der Waals surface area contributed by atoms with Crippen molar-refractivity contribution in [2.45, 2.75) is 13.1 Å². The van der Waals surface area contributed by atoms with Crippen molar-refractivity contribution in [3.05, 3.63) is 69.2 Å². The van der Waals surface area contributed by atoms with Gasteiger partial charge >= 0.3 is 6.18 Å². The minimum atomic E-state index is -4.79. The minimum Gasteiger partial charge on any atom is -0.494 e. The topological polar surface area (TPSA) is 85.4 Å². The zero-order chi connectivity index (χ0) is 23.5. The lowest BCUT2D eigenvalue weighted by atomic mass is 10.1. The van der Waals surface area contributed by atoms with E-state index in [9.17, 15) is 18.0 Å². The summed E-state index contributed by atoms with van der Waals surface area (Å²) in [6, 6.07) is 11.1. The second kappa shape index (κ2) is 7.38. The third-order valence-electron chi connectivity index (χ3n) is 5.20. The molecule has 3 aromatic heterocycles. The van der Waals surface area contributed by atoms with Crippen LogP contribution in [0.4, 0.5) is 13.2 Å². The van der Waals surface area contributed by atoms with Crippen LogP contribution in [-0.2, 0) is 6.18 Å². The Morgan fingerprint density at radius 1 is 1.12 bits per heavy atom. The van der Waals surface area contributed by atoms with Gasteiger partial charge in [0.25, 0.3) is 5.56 Å². The fourth-order valence-electron chi connectivity index (χ4n) is 3.74. The Kier molecular flexibility index (Phi) is 4.71. The fraction of sp³-hybridized carbons (Fsp3) is 0.136. The normalized spacial score (nSPS) is 12.1. The molecular formula is C22H14ClF3N4O3. The van der Waals surface area contributed by atoms with Crippen LogP contribution in [0.2, 0.25) is 5.02 Å². The number of aryl methyl sites for hydroxylation is 1. The Morgan fingerprint density at radius 2 is 1.85 bits per heavy atom. The molecule has 0 saturated carbocycles. The van der Waals surface area contributed by atoms with E-state index in [2.05, 4.69) is 15.1 Å². The highest BCUT2D eigenvalue weighted by Crippen LogP contribution is 2.39. The number of hydrogen-bond acceptors (Lipinski definition) is 5. The number of nitrogens with one attached hydrogen (secondary N) is 1. The summed E-state index contributed by atoms with van der Waals surface area (Å²) in [4.78, 5) is 20.5. The van der Waals surface area contributed by atoms with E-state index < -0.39 is 17.4 Å². The highest BCUT2D eigenvalue weighted by atomic mass is 35.5. The number of rotatable bonds is 3. The molecule has 11 heteroatoms. The van der Waals surface area contributed by atoms with Gasteiger partial charge in [-0.3, -0.25) is 4.79 Å². The monoisotopic (exact) mass is 474 g/mol. The van der Waals surface area contributed by atoms with Gasteiger partial charge in [-0.15, -0.1) is 0 Å². The lowest BCUT2D eigenvalue weighted by Gasteiger charge is -2.07. The SMILES string of the molecule is COc1ccc(Cl)c2oc(-c3c(C)[nH]c4c(-c5ccccc5)c(C(F)(F)F)nn4c3=O)nc12. The maximum Gasteiger partial charge on any atom is 0.435 e. The fourth-order valence-corrected chi connectivity index (χ4v) is 3.93. The van der Waals surface area contributed by atoms with Gasteiger partial charge in [0, 0.05) is 5.69 Å². The first kappa shape index (κ1) is 21.1. The molecule has 0 fully saturated rings. The van der Waals surface area contributed by atoms with Gasteiger partial charge in [0.1, 0.15) is 17.0 Å². The molecular weight excluding hydrogens is 461 g/mol. The molecule has 0 aliphatic heterocycles. The van der Waals surface area contributed by atoms with E-state index in [4.69, 9.17) is 20.8 Å². The molecule has 5 aromatic rings. The van der Waals surface area contributed by atoms with Crippen molar-refractivity contribution in [3.8, 4) is 28.3 Å². The quantitative estimate of drug-likeness (QED) is 0.374. The first-order chi connectivity index (χ1) is 15.7. The molecule has 168 valence electrons. The number of H-pyrrole nitrogens is 1.